The quantitative estimate of drug-likeness (QED) is 0.503. The predicted molar refractivity (Wildman–Crippen MR) is 94.6 cm³/mol. The summed E-state index contributed by atoms with van der Waals surface area (Å²) in [6, 6.07) is 1.88. The summed E-state index contributed by atoms with van der Waals surface area (Å²) in [4.78, 5) is 0. The van der Waals surface area contributed by atoms with Crippen LogP contribution in [0, 0.1) is 23.5 Å². The average molecular weight is 404 g/mol. The molecule has 0 amide bonds. The summed E-state index contributed by atoms with van der Waals surface area (Å²) in [7, 11) is 0. The summed E-state index contributed by atoms with van der Waals surface area (Å²) in [5.41, 5.74) is -3.00. The summed E-state index contributed by atoms with van der Waals surface area (Å²) in [5.74, 6) is -11.8. The molecule has 0 bridgehead atoms. The van der Waals surface area contributed by atoms with Crippen LogP contribution in [-0.4, -0.2) is 18.5 Å². The molecule has 0 atom stereocenters. The maximum absolute atomic E-state index is 14.5. The molecule has 0 spiro atoms. The molecule has 0 unspecified atom stereocenters. The zero-order valence-electron chi connectivity index (χ0n) is 15.7. The van der Waals surface area contributed by atoms with Gasteiger partial charge in [0.2, 0.25) is 5.82 Å². The molecule has 1 aromatic rings. The van der Waals surface area contributed by atoms with Crippen LogP contribution in [0.4, 0.5) is 26.3 Å². The molecule has 2 aliphatic rings. The number of allylic oxidation sites excluding steroid dienone is 4. The monoisotopic (exact) mass is 404 g/mol. The summed E-state index contributed by atoms with van der Waals surface area (Å²) in [6.07, 6.45) is 5.40. The van der Waals surface area contributed by atoms with Gasteiger partial charge >= 0.3 is 11.8 Å². The van der Waals surface area contributed by atoms with Crippen LogP contribution in [0.5, 0.6) is 5.75 Å². The highest BCUT2D eigenvalue weighted by molar-refractivity contribution is 5.76. The van der Waals surface area contributed by atoms with Crippen LogP contribution in [0.25, 0.3) is 5.57 Å². The standard InChI is InChI=1S/C21H22F6O/c1-12-3-6-14(7-4-12)11-28-17-10-8-15(18(22)19(17)23)16-9-5-13(2)20(24,25)21(16,26)27/h5,8-10,12,14H,3-4,6-7,11H2,1-2H3. The molecule has 0 aromatic heterocycles. The Bertz CT molecular complexity index is 803. The molecule has 1 fully saturated rings. The minimum atomic E-state index is -4.65. The van der Waals surface area contributed by atoms with E-state index in [1.807, 2.05) is 0 Å². The molecule has 2 aliphatic carbocycles. The van der Waals surface area contributed by atoms with Crippen LogP contribution in [-0.2, 0) is 0 Å². The topological polar surface area (TPSA) is 9.23 Å². The summed E-state index contributed by atoms with van der Waals surface area (Å²) in [5, 5.41) is 0. The highest BCUT2D eigenvalue weighted by atomic mass is 19.3. The molecule has 0 heterocycles. The van der Waals surface area contributed by atoms with Gasteiger partial charge in [0, 0.05) is 16.7 Å². The Kier molecular flexibility index (Phi) is 5.56. The van der Waals surface area contributed by atoms with Crippen LogP contribution < -0.4 is 4.74 Å². The first-order valence-electron chi connectivity index (χ1n) is 9.32. The zero-order chi connectivity index (χ0) is 20.7. The number of ether oxygens (including phenoxy) is 1. The van der Waals surface area contributed by atoms with Crippen molar-refractivity contribution in [2.75, 3.05) is 6.61 Å². The second-order valence-electron chi connectivity index (χ2n) is 7.75. The number of alkyl halides is 4. The Hall–Kier alpha value is -1.92. The number of halogens is 6. The molecular formula is C21H22F6O. The number of hydrogen-bond acceptors (Lipinski definition) is 1. The average Bonchev–Trinajstić information content (AvgIpc) is 2.64. The molecule has 1 saturated carbocycles. The third-order valence-electron chi connectivity index (χ3n) is 5.67. The van der Waals surface area contributed by atoms with Crippen molar-refractivity contribution in [1.82, 2.24) is 0 Å². The Balaban J connectivity index is 1.83. The summed E-state index contributed by atoms with van der Waals surface area (Å²) >= 11 is 0. The molecule has 28 heavy (non-hydrogen) atoms. The van der Waals surface area contributed by atoms with Gasteiger partial charge < -0.3 is 4.74 Å². The molecule has 3 rings (SSSR count). The van der Waals surface area contributed by atoms with Crippen molar-refractivity contribution in [3.63, 3.8) is 0 Å². The van der Waals surface area contributed by atoms with Gasteiger partial charge in [0.05, 0.1) is 6.61 Å². The SMILES string of the molecule is CC1=CC=C(c2ccc(OCC3CCC(C)CC3)c(F)c2F)C(F)(F)C1(F)F. The molecule has 0 radical (unpaired) electrons. The van der Waals surface area contributed by atoms with Gasteiger partial charge in [-0.25, -0.2) is 4.39 Å². The Morgan fingerprint density at radius 1 is 0.929 bits per heavy atom. The molecular weight excluding hydrogens is 382 g/mol. The van der Waals surface area contributed by atoms with Crippen LogP contribution in [0.3, 0.4) is 0 Å². The fourth-order valence-electron chi connectivity index (χ4n) is 3.65. The van der Waals surface area contributed by atoms with Crippen molar-refractivity contribution in [3.05, 3.63) is 47.1 Å². The van der Waals surface area contributed by atoms with E-state index in [1.165, 1.54) is 0 Å². The summed E-state index contributed by atoms with van der Waals surface area (Å²) in [6.45, 7) is 3.21. The van der Waals surface area contributed by atoms with E-state index in [-0.39, 0.29) is 12.5 Å². The van der Waals surface area contributed by atoms with Crippen LogP contribution in [0.15, 0.2) is 29.9 Å². The molecule has 7 heteroatoms. The minimum absolute atomic E-state index is 0.196. The first-order valence-corrected chi connectivity index (χ1v) is 9.32. The second-order valence-corrected chi connectivity index (χ2v) is 7.75. The van der Waals surface area contributed by atoms with Crippen molar-refractivity contribution in [2.45, 2.75) is 51.4 Å². The Labute approximate surface area is 160 Å². The normalized spacial score (nSPS) is 26.4. The number of hydrogen-bond donors (Lipinski definition) is 0. The van der Waals surface area contributed by atoms with E-state index in [1.54, 1.807) is 0 Å². The van der Waals surface area contributed by atoms with Crippen LogP contribution >= 0.6 is 0 Å². The van der Waals surface area contributed by atoms with Gasteiger partial charge in [-0.2, -0.15) is 22.0 Å². The van der Waals surface area contributed by atoms with E-state index in [0.717, 1.165) is 50.8 Å². The van der Waals surface area contributed by atoms with Gasteiger partial charge in [-0.05, 0) is 43.7 Å². The van der Waals surface area contributed by atoms with Gasteiger partial charge in [-0.1, -0.05) is 31.9 Å². The molecule has 154 valence electrons. The largest absolute Gasteiger partial charge is 0.490 e. The highest BCUT2D eigenvalue weighted by Gasteiger charge is 2.61. The van der Waals surface area contributed by atoms with Crippen LogP contribution in [0.2, 0.25) is 0 Å². The van der Waals surface area contributed by atoms with Crippen molar-refractivity contribution in [1.29, 1.82) is 0 Å². The van der Waals surface area contributed by atoms with E-state index in [2.05, 4.69) is 6.92 Å². The molecule has 0 saturated heterocycles. The van der Waals surface area contributed by atoms with E-state index in [0.29, 0.717) is 12.0 Å². The van der Waals surface area contributed by atoms with Crippen LogP contribution in [0.1, 0.15) is 45.1 Å². The van der Waals surface area contributed by atoms with E-state index in [9.17, 15) is 26.3 Å². The van der Waals surface area contributed by atoms with Gasteiger partial charge in [-0.3, -0.25) is 0 Å². The van der Waals surface area contributed by atoms with Gasteiger partial charge in [0.1, 0.15) is 0 Å². The maximum atomic E-state index is 14.5. The van der Waals surface area contributed by atoms with E-state index in [4.69, 9.17) is 4.74 Å². The molecule has 0 aliphatic heterocycles. The lowest BCUT2D eigenvalue weighted by atomic mass is 9.83. The van der Waals surface area contributed by atoms with Gasteiger partial charge in [0.25, 0.3) is 0 Å². The lowest BCUT2D eigenvalue weighted by Gasteiger charge is -2.32. The first-order chi connectivity index (χ1) is 13.1. The van der Waals surface area contributed by atoms with Crippen molar-refractivity contribution >= 4 is 5.57 Å². The minimum Gasteiger partial charge on any atom is -0.490 e. The van der Waals surface area contributed by atoms with E-state index >= 15 is 0 Å². The lowest BCUT2D eigenvalue weighted by molar-refractivity contribution is -0.148. The fraction of sp³-hybridized carbons (Fsp3) is 0.524. The zero-order valence-corrected chi connectivity index (χ0v) is 15.7. The Morgan fingerprint density at radius 2 is 1.57 bits per heavy atom. The van der Waals surface area contributed by atoms with Crippen molar-refractivity contribution in [2.24, 2.45) is 11.8 Å². The summed E-state index contributed by atoms with van der Waals surface area (Å²) < 4.78 is 90.4. The van der Waals surface area contributed by atoms with Crippen molar-refractivity contribution in [3.8, 4) is 5.75 Å². The van der Waals surface area contributed by atoms with Gasteiger partial charge in [-0.15, -0.1) is 0 Å². The van der Waals surface area contributed by atoms with Gasteiger partial charge in [0.15, 0.2) is 11.6 Å². The maximum Gasteiger partial charge on any atom is 0.340 e. The molecule has 0 N–H and O–H groups in total. The third-order valence-corrected chi connectivity index (χ3v) is 5.67. The smallest absolute Gasteiger partial charge is 0.340 e. The Morgan fingerprint density at radius 3 is 2.21 bits per heavy atom. The number of rotatable bonds is 4. The number of benzene rings is 1. The third kappa shape index (κ3) is 3.55. The lowest BCUT2D eigenvalue weighted by Crippen LogP contribution is -2.44. The first kappa shape index (κ1) is 20.8. The van der Waals surface area contributed by atoms with Crippen molar-refractivity contribution < 1.29 is 31.1 Å². The van der Waals surface area contributed by atoms with E-state index < -0.39 is 45.9 Å². The second kappa shape index (κ2) is 7.48. The molecule has 1 nitrogen and oxygen atoms in total. The highest BCUT2D eigenvalue weighted by Crippen LogP contribution is 2.51. The molecule has 1 aromatic carbocycles. The fourth-order valence-corrected chi connectivity index (χ4v) is 3.65. The predicted octanol–water partition coefficient (Wildman–Crippen LogP) is 6.78.